The van der Waals surface area contributed by atoms with E-state index in [4.69, 9.17) is 16.7 Å². The molecule has 0 bridgehead atoms. The standard InChI is InChI=1S/C15H11ClN4O2/c16-10-4-3-5-11(8-10)18-19-15-12(9-14(21)22)17-13-6-1-2-7-20(13)15/h1-8H,9H2,(H,21,22). The number of halogens is 1. The Balaban J connectivity index is 2.06. The molecule has 1 aromatic carbocycles. The van der Waals surface area contributed by atoms with Gasteiger partial charge in [-0.25, -0.2) is 4.98 Å². The quantitative estimate of drug-likeness (QED) is 0.738. The Morgan fingerprint density at radius 2 is 2.09 bits per heavy atom. The Kier molecular flexibility index (Phi) is 3.84. The van der Waals surface area contributed by atoms with E-state index >= 15 is 0 Å². The van der Waals surface area contributed by atoms with Crippen molar-refractivity contribution in [3.8, 4) is 0 Å². The lowest BCUT2D eigenvalue weighted by Crippen LogP contribution is -2.00. The number of azo groups is 1. The van der Waals surface area contributed by atoms with Crippen molar-refractivity contribution in [3.05, 3.63) is 59.4 Å². The normalized spacial score (nSPS) is 11.3. The minimum atomic E-state index is -0.970. The first-order chi connectivity index (χ1) is 10.6. The summed E-state index contributed by atoms with van der Waals surface area (Å²) in [5, 5.41) is 17.8. The highest BCUT2D eigenvalue weighted by Crippen LogP contribution is 2.25. The second-order valence-electron chi connectivity index (χ2n) is 4.56. The molecule has 0 amide bonds. The number of aliphatic carboxylic acids is 1. The third-order valence-electron chi connectivity index (χ3n) is 2.96. The van der Waals surface area contributed by atoms with Gasteiger partial charge < -0.3 is 5.11 Å². The lowest BCUT2D eigenvalue weighted by Gasteiger charge is -1.97. The van der Waals surface area contributed by atoms with E-state index in [2.05, 4.69) is 15.2 Å². The van der Waals surface area contributed by atoms with E-state index < -0.39 is 5.97 Å². The van der Waals surface area contributed by atoms with Crippen LogP contribution >= 0.6 is 11.6 Å². The van der Waals surface area contributed by atoms with Crippen LogP contribution in [0.1, 0.15) is 5.69 Å². The molecule has 0 unspecified atom stereocenters. The topological polar surface area (TPSA) is 79.3 Å². The van der Waals surface area contributed by atoms with Gasteiger partial charge in [0.15, 0.2) is 5.82 Å². The molecule has 0 aliphatic rings. The molecule has 2 aromatic heterocycles. The van der Waals surface area contributed by atoms with Crippen LogP contribution in [-0.4, -0.2) is 20.5 Å². The molecule has 0 aliphatic carbocycles. The van der Waals surface area contributed by atoms with Gasteiger partial charge in [-0.1, -0.05) is 23.7 Å². The van der Waals surface area contributed by atoms with Crippen LogP contribution in [0, 0.1) is 0 Å². The van der Waals surface area contributed by atoms with Gasteiger partial charge in [-0.15, -0.1) is 10.2 Å². The SMILES string of the molecule is O=C(O)Cc1nc2ccccn2c1N=Nc1cccc(Cl)c1. The van der Waals surface area contributed by atoms with Crippen molar-refractivity contribution in [2.45, 2.75) is 6.42 Å². The van der Waals surface area contributed by atoms with Crippen molar-refractivity contribution >= 4 is 34.7 Å². The van der Waals surface area contributed by atoms with Crippen LogP contribution in [0.15, 0.2) is 58.9 Å². The minimum Gasteiger partial charge on any atom is -0.481 e. The van der Waals surface area contributed by atoms with Gasteiger partial charge in [-0.05, 0) is 30.3 Å². The Bertz CT molecular complexity index is 873. The summed E-state index contributed by atoms with van der Waals surface area (Å²) in [5.74, 6) is -0.569. The molecule has 0 fully saturated rings. The van der Waals surface area contributed by atoms with Gasteiger partial charge in [0.25, 0.3) is 0 Å². The predicted octanol–water partition coefficient (Wildman–Crippen LogP) is 4.03. The zero-order valence-corrected chi connectivity index (χ0v) is 12.1. The number of rotatable bonds is 4. The summed E-state index contributed by atoms with van der Waals surface area (Å²) in [7, 11) is 0. The first-order valence-electron chi connectivity index (χ1n) is 6.48. The summed E-state index contributed by atoms with van der Waals surface area (Å²) in [5.41, 5.74) is 1.57. The van der Waals surface area contributed by atoms with Crippen LogP contribution in [0.2, 0.25) is 5.02 Å². The molecule has 3 rings (SSSR count). The zero-order chi connectivity index (χ0) is 15.5. The fourth-order valence-corrected chi connectivity index (χ4v) is 2.23. The third-order valence-corrected chi connectivity index (χ3v) is 3.20. The molecule has 22 heavy (non-hydrogen) atoms. The van der Waals surface area contributed by atoms with Crippen LogP contribution in [0.3, 0.4) is 0 Å². The van der Waals surface area contributed by atoms with Crippen LogP contribution in [0.25, 0.3) is 5.65 Å². The van der Waals surface area contributed by atoms with E-state index in [-0.39, 0.29) is 6.42 Å². The van der Waals surface area contributed by atoms with E-state index in [1.54, 1.807) is 40.9 Å². The zero-order valence-electron chi connectivity index (χ0n) is 11.3. The largest absolute Gasteiger partial charge is 0.481 e. The molecular weight excluding hydrogens is 304 g/mol. The highest BCUT2D eigenvalue weighted by Gasteiger charge is 2.14. The first kappa shape index (κ1) is 14.2. The van der Waals surface area contributed by atoms with E-state index in [1.807, 2.05) is 12.1 Å². The van der Waals surface area contributed by atoms with Gasteiger partial charge in [0.1, 0.15) is 5.65 Å². The van der Waals surface area contributed by atoms with Crippen LogP contribution in [0.4, 0.5) is 11.5 Å². The number of hydrogen-bond donors (Lipinski definition) is 1. The van der Waals surface area contributed by atoms with Crippen LogP contribution in [-0.2, 0) is 11.2 Å². The van der Waals surface area contributed by atoms with Gasteiger partial charge in [-0.3, -0.25) is 9.20 Å². The number of aromatic nitrogens is 2. The molecule has 2 heterocycles. The summed E-state index contributed by atoms with van der Waals surface area (Å²) in [4.78, 5) is 15.3. The number of benzene rings is 1. The van der Waals surface area contributed by atoms with Gasteiger partial charge >= 0.3 is 5.97 Å². The number of nitrogens with zero attached hydrogens (tertiary/aromatic N) is 4. The van der Waals surface area contributed by atoms with Gasteiger partial charge in [0.05, 0.1) is 17.8 Å². The van der Waals surface area contributed by atoms with Gasteiger partial charge in [-0.2, -0.15) is 0 Å². The Labute approximate surface area is 130 Å². The summed E-state index contributed by atoms with van der Waals surface area (Å²) in [6.07, 6.45) is 1.55. The highest BCUT2D eigenvalue weighted by molar-refractivity contribution is 6.30. The van der Waals surface area contributed by atoms with Gasteiger partial charge in [0.2, 0.25) is 0 Å². The molecule has 1 N–H and O–H groups in total. The maximum absolute atomic E-state index is 11.0. The molecule has 0 aliphatic heterocycles. The number of hydrogen-bond acceptors (Lipinski definition) is 4. The smallest absolute Gasteiger partial charge is 0.309 e. The number of fused-ring (bicyclic) bond motifs is 1. The Hall–Kier alpha value is -2.73. The third kappa shape index (κ3) is 2.96. The molecule has 3 aromatic rings. The molecule has 7 heteroatoms. The van der Waals surface area contributed by atoms with E-state index in [0.29, 0.717) is 27.9 Å². The summed E-state index contributed by atoms with van der Waals surface area (Å²) >= 11 is 5.90. The monoisotopic (exact) mass is 314 g/mol. The van der Waals surface area contributed by atoms with Gasteiger partial charge in [0, 0.05) is 11.2 Å². The lowest BCUT2D eigenvalue weighted by atomic mass is 10.3. The number of pyridine rings is 1. The van der Waals surface area contributed by atoms with Crippen molar-refractivity contribution in [1.82, 2.24) is 9.38 Å². The highest BCUT2D eigenvalue weighted by atomic mass is 35.5. The second-order valence-corrected chi connectivity index (χ2v) is 5.00. The number of imidazole rings is 1. The minimum absolute atomic E-state index is 0.217. The van der Waals surface area contributed by atoms with Crippen molar-refractivity contribution < 1.29 is 9.90 Å². The first-order valence-corrected chi connectivity index (χ1v) is 6.86. The maximum atomic E-state index is 11.0. The molecule has 110 valence electrons. The second kappa shape index (κ2) is 5.95. The van der Waals surface area contributed by atoms with Crippen molar-refractivity contribution in [2.24, 2.45) is 10.2 Å². The number of carboxylic acids is 1. The Morgan fingerprint density at radius 1 is 1.23 bits per heavy atom. The predicted molar refractivity (Wildman–Crippen MR) is 82.2 cm³/mol. The fourth-order valence-electron chi connectivity index (χ4n) is 2.04. The number of carbonyl (C=O) groups is 1. The van der Waals surface area contributed by atoms with E-state index in [1.165, 1.54) is 0 Å². The van der Waals surface area contributed by atoms with Crippen molar-refractivity contribution in [1.29, 1.82) is 0 Å². The van der Waals surface area contributed by atoms with Crippen molar-refractivity contribution in [2.75, 3.05) is 0 Å². The lowest BCUT2D eigenvalue weighted by molar-refractivity contribution is -0.136. The average molecular weight is 315 g/mol. The number of carboxylic acid groups (broad SMARTS) is 1. The molecule has 0 radical (unpaired) electrons. The van der Waals surface area contributed by atoms with E-state index in [0.717, 1.165) is 0 Å². The summed E-state index contributed by atoms with van der Waals surface area (Å²) in [6, 6.07) is 12.4. The maximum Gasteiger partial charge on any atom is 0.309 e. The summed E-state index contributed by atoms with van der Waals surface area (Å²) < 4.78 is 1.70. The molecule has 0 spiro atoms. The van der Waals surface area contributed by atoms with Crippen molar-refractivity contribution in [3.63, 3.8) is 0 Å². The molecular formula is C15H11ClN4O2. The molecule has 6 nitrogen and oxygen atoms in total. The Morgan fingerprint density at radius 3 is 2.86 bits per heavy atom. The van der Waals surface area contributed by atoms with Crippen LogP contribution in [0.5, 0.6) is 0 Å². The average Bonchev–Trinajstić information content (AvgIpc) is 2.81. The summed E-state index contributed by atoms with van der Waals surface area (Å²) in [6.45, 7) is 0. The molecule has 0 saturated carbocycles. The van der Waals surface area contributed by atoms with E-state index in [9.17, 15) is 4.79 Å². The fraction of sp³-hybridized carbons (Fsp3) is 0.0667. The molecule has 0 atom stereocenters. The van der Waals surface area contributed by atoms with Crippen LogP contribution < -0.4 is 0 Å². The molecule has 0 saturated heterocycles.